The van der Waals surface area contributed by atoms with Crippen molar-refractivity contribution < 1.29 is 14.7 Å². The van der Waals surface area contributed by atoms with E-state index in [4.69, 9.17) is 5.11 Å². The van der Waals surface area contributed by atoms with Gasteiger partial charge in [0.2, 0.25) is 0 Å². The lowest BCUT2D eigenvalue weighted by Gasteiger charge is -2.32. The number of urea groups is 1. The van der Waals surface area contributed by atoms with Crippen molar-refractivity contribution >= 4 is 12.0 Å². The Hall–Kier alpha value is -2.04. The summed E-state index contributed by atoms with van der Waals surface area (Å²) in [5.41, 5.74) is 3.47. The summed E-state index contributed by atoms with van der Waals surface area (Å²) in [7, 11) is 0. The second-order valence-electron chi connectivity index (χ2n) is 6.08. The minimum absolute atomic E-state index is 0.0994. The molecule has 2 amide bonds. The zero-order chi connectivity index (χ0) is 16.3. The van der Waals surface area contributed by atoms with Crippen molar-refractivity contribution in [2.45, 2.75) is 39.7 Å². The fourth-order valence-electron chi connectivity index (χ4n) is 2.96. The topological polar surface area (TPSA) is 69.6 Å². The van der Waals surface area contributed by atoms with E-state index < -0.39 is 11.9 Å². The zero-order valence-corrected chi connectivity index (χ0v) is 13.4. The van der Waals surface area contributed by atoms with Crippen LogP contribution in [0.1, 0.15) is 42.5 Å². The third-order valence-electron chi connectivity index (χ3n) is 4.51. The minimum Gasteiger partial charge on any atom is -0.481 e. The Morgan fingerprint density at radius 2 is 2.09 bits per heavy atom. The molecular formula is C17H24N2O3. The van der Waals surface area contributed by atoms with Crippen LogP contribution in [0.5, 0.6) is 0 Å². The number of hydrogen-bond acceptors (Lipinski definition) is 2. The molecule has 1 aliphatic heterocycles. The maximum absolute atomic E-state index is 12.4. The number of carboxylic acids is 1. The van der Waals surface area contributed by atoms with Gasteiger partial charge in [0.1, 0.15) is 0 Å². The Bertz CT molecular complexity index is 571. The second-order valence-corrected chi connectivity index (χ2v) is 6.08. The Morgan fingerprint density at radius 1 is 1.36 bits per heavy atom. The van der Waals surface area contributed by atoms with Crippen molar-refractivity contribution in [1.29, 1.82) is 0 Å². The van der Waals surface area contributed by atoms with Gasteiger partial charge in [-0.25, -0.2) is 4.79 Å². The van der Waals surface area contributed by atoms with Gasteiger partial charge in [-0.15, -0.1) is 0 Å². The van der Waals surface area contributed by atoms with Crippen LogP contribution in [0, 0.1) is 19.8 Å². The van der Waals surface area contributed by atoms with Crippen molar-refractivity contribution in [2.24, 2.45) is 5.92 Å². The molecule has 1 aromatic carbocycles. The Balaban J connectivity index is 2.02. The number of nitrogens with one attached hydrogen (secondary N) is 1. The molecule has 2 atom stereocenters. The quantitative estimate of drug-likeness (QED) is 0.902. The first-order valence-corrected chi connectivity index (χ1v) is 7.74. The molecule has 1 aliphatic rings. The van der Waals surface area contributed by atoms with Gasteiger partial charge in [-0.2, -0.15) is 0 Å². The molecule has 0 aliphatic carbocycles. The van der Waals surface area contributed by atoms with Crippen molar-refractivity contribution in [3.05, 3.63) is 34.9 Å². The van der Waals surface area contributed by atoms with Crippen LogP contribution in [-0.2, 0) is 4.79 Å². The van der Waals surface area contributed by atoms with Crippen LogP contribution >= 0.6 is 0 Å². The Kier molecular flexibility index (Phi) is 5.06. The lowest BCUT2D eigenvalue weighted by Crippen LogP contribution is -2.47. The molecule has 2 unspecified atom stereocenters. The summed E-state index contributed by atoms with van der Waals surface area (Å²) >= 11 is 0. The SMILES string of the molecule is Cc1cccc(C(C)NC(=O)N2CCCC(C(=O)O)C2)c1C. The number of benzene rings is 1. The van der Waals surface area contributed by atoms with E-state index in [1.165, 1.54) is 11.1 Å². The molecule has 0 saturated carbocycles. The minimum atomic E-state index is -0.819. The monoisotopic (exact) mass is 304 g/mol. The highest BCUT2D eigenvalue weighted by atomic mass is 16.4. The summed E-state index contributed by atoms with van der Waals surface area (Å²) in [6.45, 7) is 6.97. The van der Waals surface area contributed by atoms with Crippen LogP contribution in [0.4, 0.5) is 4.79 Å². The van der Waals surface area contributed by atoms with E-state index >= 15 is 0 Å². The summed E-state index contributed by atoms with van der Waals surface area (Å²) in [6.07, 6.45) is 1.38. The smallest absolute Gasteiger partial charge is 0.317 e. The third kappa shape index (κ3) is 3.59. The third-order valence-corrected chi connectivity index (χ3v) is 4.51. The van der Waals surface area contributed by atoms with Crippen LogP contribution in [0.3, 0.4) is 0 Å². The predicted molar refractivity (Wildman–Crippen MR) is 84.8 cm³/mol. The van der Waals surface area contributed by atoms with Crippen LogP contribution < -0.4 is 5.32 Å². The van der Waals surface area contributed by atoms with Crippen molar-refractivity contribution in [3.8, 4) is 0 Å². The van der Waals surface area contributed by atoms with E-state index in [2.05, 4.69) is 25.2 Å². The molecule has 22 heavy (non-hydrogen) atoms. The number of piperidine rings is 1. The number of carbonyl (C=O) groups is 2. The lowest BCUT2D eigenvalue weighted by molar-refractivity contribution is -0.143. The van der Waals surface area contributed by atoms with Gasteiger partial charge >= 0.3 is 12.0 Å². The zero-order valence-electron chi connectivity index (χ0n) is 13.4. The van der Waals surface area contributed by atoms with Gasteiger partial charge in [0.05, 0.1) is 12.0 Å². The van der Waals surface area contributed by atoms with E-state index in [0.29, 0.717) is 19.5 Å². The summed E-state index contributed by atoms with van der Waals surface area (Å²) in [5.74, 6) is -1.27. The Labute approximate surface area is 131 Å². The number of amides is 2. The van der Waals surface area contributed by atoms with Crippen LogP contribution in [0.15, 0.2) is 18.2 Å². The first-order valence-electron chi connectivity index (χ1n) is 7.74. The molecule has 5 heteroatoms. The normalized spacial score (nSPS) is 19.6. The maximum Gasteiger partial charge on any atom is 0.317 e. The number of likely N-dealkylation sites (tertiary alicyclic amines) is 1. The molecule has 0 aromatic heterocycles. The molecule has 1 saturated heterocycles. The molecule has 1 aromatic rings. The largest absolute Gasteiger partial charge is 0.481 e. The van der Waals surface area contributed by atoms with Gasteiger partial charge in [-0.1, -0.05) is 18.2 Å². The molecule has 0 bridgehead atoms. The van der Waals surface area contributed by atoms with Crippen LogP contribution in [-0.4, -0.2) is 35.1 Å². The Morgan fingerprint density at radius 3 is 2.77 bits per heavy atom. The average Bonchev–Trinajstić information content (AvgIpc) is 2.50. The molecule has 0 radical (unpaired) electrons. The number of aliphatic carboxylic acids is 1. The summed E-state index contributed by atoms with van der Waals surface area (Å²) in [6, 6.07) is 5.78. The van der Waals surface area contributed by atoms with Gasteiger partial charge < -0.3 is 15.3 Å². The highest BCUT2D eigenvalue weighted by molar-refractivity contribution is 5.77. The average molecular weight is 304 g/mol. The van der Waals surface area contributed by atoms with Gasteiger partial charge in [-0.3, -0.25) is 4.79 Å². The van der Waals surface area contributed by atoms with Crippen molar-refractivity contribution in [3.63, 3.8) is 0 Å². The van der Waals surface area contributed by atoms with Gasteiger partial charge in [0.25, 0.3) is 0 Å². The van der Waals surface area contributed by atoms with Crippen LogP contribution in [0.25, 0.3) is 0 Å². The number of hydrogen-bond donors (Lipinski definition) is 2. The molecule has 120 valence electrons. The fraction of sp³-hybridized carbons (Fsp3) is 0.529. The molecule has 2 rings (SSSR count). The highest BCUT2D eigenvalue weighted by Gasteiger charge is 2.28. The molecule has 1 heterocycles. The molecule has 5 nitrogen and oxygen atoms in total. The molecule has 2 N–H and O–H groups in total. The standard InChI is InChI=1S/C17H24N2O3/c1-11-6-4-8-15(12(11)2)13(3)18-17(22)19-9-5-7-14(10-19)16(20)21/h4,6,8,13-14H,5,7,9-10H2,1-3H3,(H,18,22)(H,20,21). The number of rotatable bonds is 3. The molecule has 1 fully saturated rings. The maximum atomic E-state index is 12.4. The first-order chi connectivity index (χ1) is 10.4. The van der Waals surface area contributed by atoms with E-state index in [1.807, 2.05) is 19.1 Å². The second kappa shape index (κ2) is 6.81. The highest BCUT2D eigenvalue weighted by Crippen LogP contribution is 2.21. The van der Waals surface area contributed by atoms with E-state index in [0.717, 1.165) is 12.0 Å². The predicted octanol–water partition coefficient (Wildman–Crippen LogP) is 2.87. The summed E-state index contributed by atoms with van der Waals surface area (Å²) in [5, 5.41) is 12.1. The van der Waals surface area contributed by atoms with E-state index in [9.17, 15) is 9.59 Å². The van der Waals surface area contributed by atoms with Gasteiger partial charge in [-0.05, 0) is 50.3 Å². The summed E-state index contributed by atoms with van der Waals surface area (Å²) in [4.78, 5) is 25.1. The summed E-state index contributed by atoms with van der Waals surface area (Å²) < 4.78 is 0. The molecular weight excluding hydrogens is 280 g/mol. The lowest BCUT2D eigenvalue weighted by atomic mass is 9.98. The number of carbonyl (C=O) groups excluding carboxylic acids is 1. The van der Waals surface area contributed by atoms with E-state index in [-0.39, 0.29) is 12.1 Å². The van der Waals surface area contributed by atoms with Crippen molar-refractivity contribution in [1.82, 2.24) is 10.2 Å². The number of nitrogens with zero attached hydrogens (tertiary/aromatic N) is 1. The first kappa shape index (κ1) is 16.3. The van der Waals surface area contributed by atoms with Crippen molar-refractivity contribution in [2.75, 3.05) is 13.1 Å². The van der Waals surface area contributed by atoms with E-state index in [1.54, 1.807) is 4.90 Å². The van der Waals surface area contributed by atoms with Crippen LogP contribution in [0.2, 0.25) is 0 Å². The van der Waals surface area contributed by atoms with Gasteiger partial charge in [0, 0.05) is 13.1 Å². The molecule has 0 spiro atoms. The number of aryl methyl sites for hydroxylation is 1. The fourth-order valence-corrected chi connectivity index (χ4v) is 2.96. The number of carboxylic acid groups (broad SMARTS) is 1. The van der Waals surface area contributed by atoms with Gasteiger partial charge in [0.15, 0.2) is 0 Å².